The van der Waals surface area contributed by atoms with Crippen LogP contribution in [-0.4, -0.2) is 11.6 Å². The van der Waals surface area contributed by atoms with Crippen molar-refractivity contribution in [2.45, 2.75) is 84.5 Å². The molecule has 0 aromatic heterocycles. The normalized spacial score (nSPS) is 12.1. The SMILES string of the molecule is CCCCCCCCCCCCC(C(C)=O)C(=O)c1ccccc1. The lowest BCUT2D eigenvalue weighted by Gasteiger charge is -2.12. The van der Waals surface area contributed by atoms with Crippen molar-refractivity contribution in [3.05, 3.63) is 35.9 Å². The van der Waals surface area contributed by atoms with Crippen LogP contribution in [0.25, 0.3) is 0 Å². The summed E-state index contributed by atoms with van der Waals surface area (Å²) >= 11 is 0. The molecule has 2 nitrogen and oxygen atoms in total. The second kappa shape index (κ2) is 12.9. The maximum absolute atomic E-state index is 12.5. The van der Waals surface area contributed by atoms with Crippen molar-refractivity contribution < 1.29 is 9.59 Å². The Balaban J connectivity index is 2.19. The molecular weight excluding hydrogens is 296 g/mol. The third-order valence-corrected chi connectivity index (χ3v) is 4.71. The fraction of sp³-hybridized carbons (Fsp3) is 0.636. The molecule has 0 aliphatic heterocycles. The van der Waals surface area contributed by atoms with Crippen LogP contribution >= 0.6 is 0 Å². The first kappa shape index (κ1) is 20.6. The number of hydrogen-bond acceptors (Lipinski definition) is 2. The minimum Gasteiger partial charge on any atom is -0.299 e. The minimum absolute atomic E-state index is 0.000206. The second-order valence-corrected chi connectivity index (χ2v) is 6.86. The Labute approximate surface area is 148 Å². The van der Waals surface area contributed by atoms with Gasteiger partial charge in [-0.15, -0.1) is 0 Å². The Hall–Kier alpha value is -1.44. The molecule has 1 rings (SSSR count). The van der Waals surface area contributed by atoms with Crippen molar-refractivity contribution in [2.75, 3.05) is 0 Å². The molecule has 0 aliphatic carbocycles. The summed E-state index contributed by atoms with van der Waals surface area (Å²) in [6.07, 6.45) is 13.4. The lowest BCUT2D eigenvalue weighted by atomic mass is 9.89. The summed E-state index contributed by atoms with van der Waals surface area (Å²) in [5.41, 5.74) is 0.657. The highest BCUT2D eigenvalue weighted by Crippen LogP contribution is 2.18. The largest absolute Gasteiger partial charge is 0.299 e. The van der Waals surface area contributed by atoms with E-state index in [1.54, 1.807) is 19.1 Å². The van der Waals surface area contributed by atoms with Crippen LogP contribution in [0.4, 0.5) is 0 Å². The zero-order valence-corrected chi connectivity index (χ0v) is 15.6. The van der Waals surface area contributed by atoms with Crippen LogP contribution in [0.2, 0.25) is 0 Å². The fourth-order valence-corrected chi connectivity index (χ4v) is 3.16. The van der Waals surface area contributed by atoms with Crippen molar-refractivity contribution in [3.8, 4) is 0 Å². The summed E-state index contributed by atoms with van der Waals surface area (Å²) in [4.78, 5) is 24.3. The predicted octanol–water partition coefficient (Wildman–Crippen LogP) is 6.39. The molecule has 0 radical (unpaired) electrons. The van der Waals surface area contributed by atoms with Crippen LogP contribution < -0.4 is 0 Å². The maximum atomic E-state index is 12.5. The molecule has 0 bridgehead atoms. The third-order valence-electron chi connectivity index (χ3n) is 4.71. The van der Waals surface area contributed by atoms with Crippen molar-refractivity contribution in [2.24, 2.45) is 5.92 Å². The van der Waals surface area contributed by atoms with Crippen LogP contribution in [0.5, 0.6) is 0 Å². The average Bonchev–Trinajstić information content (AvgIpc) is 2.59. The summed E-state index contributed by atoms with van der Waals surface area (Å²) in [6.45, 7) is 3.79. The van der Waals surface area contributed by atoms with E-state index in [1.807, 2.05) is 18.2 Å². The molecule has 24 heavy (non-hydrogen) atoms. The molecule has 0 fully saturated rings. The van der Waals surface area contributed by atoms with Gasteiger partial charge in [-0.3, -0.25) is 9.59 Å². The first-order valence-corrected chi connectivity index (χ1v) is 9.76. The molecule has 2 heteroatoms. The molecule has 1 unspecified atom stereocenters. The number of Topliss-reactive ketones (excluding diaryl/α,β-unsaturated/α-hetero) is 2. The maximum Gasteiger partial charge on any atom is 0.173 e. The van der Waals surface area contributed by atoms with E-state index in [-0.39, 0.29) is 11.6 Å². The Morgan fingerprint density at radius 2 is 1.29 bits per heavy atom. The molecule has 1 aromatic carbocycles. The molecule has 0 spiro atoms. The topological polar surface area (TPSA) is 34.1 Å². The van der Waals surface area contributed by atoms with Crippen LogP contribution in [0, 0.1) is 5.92 Å². The summed E-state index contributed by atoms with van der Waals surface area (Å²) in [5.74, 6) is -0.472. The molecule has 0 aliphatic rings. The van der Waals surface area contributed by atoms with Crippen LogP contribution in [0.1, 0.15) is 94.8 Å². The Bertz CT molecular complexity index is 464. The number of hydrogen-bond donors (Lipinski definition) is 0. The summed E-state index contributed by atoms with van der Waals surface area (Å²) < 4.78 is 0. The van der Waals surface area contributed by atoms with Gasteiger partial charge in [-0.1, -0.05) is 101 Å². The van der Waals surface area contributed by atoms with Crippen molar-refractivity contribution in [3.63, 3.8) is 0 Å². The number of unbranched alkanes of at least 4 members (excludes halogenated alkanes) is 9. The molecule has 1 aromatic rings. The van der Waals surface area contributed by atoms with E-state index in [9.17, 15) is 9.59 Å². The van der Waals surface area contributed by atoms with E-state index < -0.39 is 5.92 Å². The van der Waals surface area contributed by atoms with Gasteiger partial charge < -0.3 is 0 Å². The number of carbonyl (C=O) groups excluding carboxylic acids is 2. The van der Waals surface area contributed by atoms with Gasteiger partial charge in [0, 0.05) is 5.56 Å². The van der Waals surface area contributed by atoms with Gasteiger partial charge in [-0.2, -0.15) is 0 Å². The predicted molar refractivity (Wildman–Crippen MR) is 101 cm³/mol. The average molecular weight is 331 g/mol. The van der Waals surface area contributed by atoms with E-state index in [2.05, 4.69) is 6.92 Å². The minimum atomic E-state index is -0.457. The van der Waals surface area contributed by atoms with Crippen LogP contribution in [0.3, 0.4) is 0 Å². The van der Waals surface area contributed by atoms with E-state index in [0.717, 1.165) is 12.8 Å². The number of rotatable bonds is 14. The number of ketones is 2. The molecule has 0 amide bonds. The Kier molecular flexibility index (Phi) is 11.1. The highest BCUT2D eigenvalue weighted by molar-refractivity contribution is 6.09. The van der Waals surface area contributed by atoms with E-state index in [1.165, 1.54) is 51.4 Å². The zero-order chi connectivity index (χ0) is 17.6. The van der Waals surface area contributed by atoms with E-state index in [4.69, 9.17) is 0 Å². The van der Waals surface area contributed by atoms with Gasteiger partial charge in [0.2, 0.25) is 0 Å². The highest BCUT2D eigenvalue weighted by Gasteiger charge is 2.23. The second-order valence-electron chi connectivity index (χ2n) is 6.86. The van der Waals surface area contributed by atoms with Crippen LogP contribution in [-0.2, 0) is 4.79 Å². The quantitative estimate of drug-likeness (QED) is 0.225. The van der Waals surface area contributed by atoms with Gasteiger partial charge in [-0.05, 0) is 13.3 Å². The molecule has 0 N–H and O–H groups in total. The van der Waals surface area contributed by atoms with Gasteiger partial charge in [0.1, 0.15) is 5.78 Å². The summed E-state index contributed by atoms with van der Waals surface area (Å²) in [7, 11) is 0. The molecule has 134 valence electrons. The molecule has 0 heterocycles. The lowest BCUT2D eigenvalue weighted by molar-refractivity contribution is -0.119. The van der Waals surface area contributed by atoms with Crippen molar-refractivity contribution >= 4 is 11.6 Å². The lowest BCUT2D eigenvalue weighted by Crippen LogP contribution is -2.22. The molecule has 0 saturated carbocycles. The zero-order valence-electron chi connectivity index (χ0n) is 15.6. The van der Waals surface area contributed by atoms with Gasteiger partial charge in [0.05, 0.1) is 5.92 Å². The Morgan fingerprint density at radius 1 is 0.792 bits per heavy atom. The summed E-state index contributed by atoms with van der Waals surface area (Å²) in [6, 6.07) is 9.20. The molecule has 0 saturated heterocycles. The fourth-order valence-electron chi connectivity index (χ4n) is 3.16. The van der Waals surface area contributed by atoms with Crippen LogP contribution in [0.15, 0.2) is 30.3 Å². The van der Waals surface area contributed by atoms with Crippen molar-refractivity contribution in [1.29, 1.82) is 0 Å². The molecular formula is C22H34O2. The first-order valence-electron chi connectivity index (χ1n) is 9.76. The number of benzene rings is 1. The monoisotopic (exact) mass is 330 g/mol. The number of carbonyl (C=O) groups is 2. The van der Waals surface area contributed by atoms with E-state index in [0.29, 0.717) is 12.0 Å². The van der Waals surface area contributed by atoms with Gasteiger partial charge in [0.25, 0.3) is 0 Å². The van der Waals surface area contributed by atoms with E-state index >= 15 is 0 Å². The Morgan fingerprint density at radius 3 is 1.79 bits per heavy atom. The van der Waals surface area contributed by atoms with Crippen molar-refractivity contribution in [1.82, 2.24) is 0 Å². The van der Waals surface area contributed by atoms with Gasteiger partial charge in [0.15, 0.2) is 5.78 Å². The first-order chi connectivity index (χ1) is 11.7. The van der Waals surface area contributed by atoms with Gasteiger partial charge in [-0.25, -0.2) is 0 Å². The molecule has 1 atom stereocenters. The standard InChI is InChI=1S/C22H34O2/c1-3-4-5-6-7-8-9-10-11-15-18-21(19(2)23)22(24)20-16-13-12-14-17-20/h12-14,16-17,21H,3-11,15,18H2,1-2H3. The highest BCUT2D eigenvalue weighted by atomic mass is 16.1. The van der Waals surface area contributed by atoms with Gasteiger partial charge >= 0.3 is 0 Å². The smallest absolute Gasteiger partial charge is 0.173 e. The third kappa shape index (κ3) is 8.42. The summed E-state index contributed by atoms with van der Waals surface area (Å²) in [5, 5.41) is 0.